The molecule has 1 aromatic rings. The molecule has 0 N–H and O–H groups in total. The highest BCUT2D eigenvalue weighted by Crippen LogP contribution is 2.26. The van der Waals surface area contributed by atoms with Gasteiger partial charge in [-0.2, -0.15) is 4.98 Å². The predicted molar refractivity (Wildman–Crippen MR) is 66.0 cm³/mol. The van der Waals surface area contributed by atoms with Crippen molar-refractivity contribution >= 4 is 17.6 Å². The Morgan fingerprint density at radius 1 is 1.56 bits per heavy atom. The summed E-state index contributed by atoms with van der Waals surface area (Å²) in [6, 6.07) is 1.36. The van der Waals surface area contributed by atoms with E-state index in [1.165, 1.54) is 32.1 Å². The van der Waals surface area contributed by atoms with E-state index in [0.717, 1.165) is 18.3 Å². The van der Waals surface area contributed by atoms with Gasteiger partial charge in [0.25, 0.3) is 6.01 Å². The molecule has 90 valence electrons. The molecular weight excluding hydrogens is 224 g/mol. The smallest absolute Gasteiger partial charge is 0.297 e. The number of halogens is 1. The van der Waals surface area contributed by atoms with Crippen LogP contribution in [0.25, 0.3) is 0 Å². The summed E-state index contributed by atoms with van der Waals surface area (Å²) in [7, 11) is 0. The van der Waals surface area contributed by atoms with Crippen molar-refractivity contribution < 1.29 is 4.42 Å². The molecule has 1 saturated heterocycles. The number of aromatic nitrogens is 1. The van der Waals surface area contributed by atoms with Crippen molar-refractivity contribution in [3.05, 3.63) is 12.0 Å². The van der Waals surface area contributed by atoms with Crippen molar-refractivity contribution in [2.45, 2.75) is 50.9 Å². The van der Waals surface area contributed by atoms with Crippen LogP contribution in [0, 0.1) is 0 Å². The van der Waals surface area contributed by atoms with E-state index in [2.05, 4.69) is 16.8 Å². The fourth-order valence-electron chi connectivity index (χ4n) is 2.38. The molecule has 1 aliphatic heterocycles. The maximum atomic E-state index is 5.74. The second-order valence-electron chi connectivity index (χ2n) is 4.39. The first-order chi connectivity index (χ1) is 7.85. The van der Waals surface area contributed by atoms with Crippen LogP contribution in [0.3, 0.4) is 0 Å². The van der Waals surface area contributed by atoms with Crippen LogP contribution in [0.1, 0.15) is 44.7 Å². The minimum atomic E-state index is 0.426. The highest BCUT2D eigenvalue weighted by Gasteiger charge is 2.25. The largest absolute Gasteiger partial charge is 0.432 e. The molecule has 16 heavy (non-hydrogen) atoms. The number of anilines is 1. The van der Waals surface area contributed by atoms with Gasteiger partial charge < -0.3 is 9.32 Å². The number of piperidine rings is 1. The van der Waals surface area contributed by atoms with Crippen LogP contribution >= 0.6 is 11.6 Å². The normalized spacial score (nSPS) is 21.4. The Morgan fingerprint density at radius 3 is 3.12 bits per heavy atom. The van der Waals surface area contributed by atoms with Crippen LogP contribution in [0.2, 0.25) is 0 Å². The number of nitrogens with zero attached hydrogens (tertiary/aromatic N) is 2. The van der Waals surface area contributed by atoms with Gasteiger partial charge in [-0.1, -0.05) is 13.3 Å². The Bertz CT molecular complexity index is 325. The Kier molecular flexibility index (Phi) is 4.10. The fourth-order valence-corrected chi connectivity index (χ4v) is 2.50. The van der Waals surface area contributed by atoms with Gasteiger partial charge in [-0.05, 0) is 25.7 Å². The van der Waals surface area contributed by atoms with Crippen molar-refractivity contribution in [3.63, 3.8) is 0 Å². The number of hydrogen-bond donors (Lipinski definition) is 0. The van der Waals surface area contributed by atoms with E-state index in [1.54, 1.807) is 6.26 Å². The van der Waals surface area contributed by atoms with Gasteiger partial charge in [0, 0.05) is 12.6 Å². The Hall–Kier alpha value is -0.700. The third kappa shape index (κ3) is 2.51. The SMILES string of the molecule is CCCC1CCCCN1c1nc(CCl)co1. The lowest BCUT2D eigenvalue weighted by Crippen LogP contribution is -2.39. The van der Waals surface area contributed by atoms with Gasteiger partial charge in [-0.3, -0.25) is 0 Å². The Morgan fingerprint density at radius 2 is 2.44 bits per heavy atom. The number of oxazole rings is 1. The summed E-state index contributed by atoms with van der Waals surface area (Å²) in [5.74, 6) is 0.426. The van der Waals surface area contributed by atoms with Gasteiger partial charge >= 0.3 is 0 Å². The molecule has 1 aromatic heterocycles. The number of alkyl halides is 1. The zero-order valence-electron chi connectivity index (χ0n) is 9.79. The molecule has 3 nitrogen and oxygen atoms in total. The maximum absolute atomic E-state index is 5.74. The lowest BCUT2D eigenvalue weighted by molar-refractivity contribution is 0.399. The van der Waals surface area contributed by atoms with Crippen molar-refractivity contribution in [2.24, 2.45) is 0 Å². The van der Waals surface area contributed by atoms with Crippen LogP contribution in [-0.2, 0) is 5.88 Å². The summed E-state index contributed by atoms with van der Waals surface area (Å²) >= 11 is 5.74. The van der Waals surface area contributed by atoms with Crippen LogP contribution in [0.15, 0.2) is 10.7 Å². The molecule has 1 fully saturated rings. The van der Waals surface area contributed by atoms with Gasteiger partial charge in [0.2, 0.25) is 0 Å². The van der Waals surface area contributed by atoms with Gasteiger partial charge in [-0.15, -0.1) is 11.6 Å². The number of rotatable bonds is 4. The van der Waals surface area contributed by atoms with Crippen molar-refractivity contribution in [1.82, 2.24) is 4.98 Å². The van der Waals surface area contributed by atoms with Gasteiger partial charge in [0.15, 0.2) is 0 Å². The summed E-state index contributed by atoms with van der Waals surface area (Å²) in [6.45, 7) is 3.29. The van der Waals surface area contributed by atoms with Crippen molar-refractivity contribution in [2.75, 3.05) is 11.4 Å². The maximum Gasteiger partial charge on any atom is 0.297 e. The summed E-state index contributed by atoms with van der Waals surface area (Å²) in [6.07, 6.45) is 7.91. The highest BCUT2D eigenvalue weighted by atomic mass is 35.5. The van der Waals surface area contributed by atoms with Crippen LogP contribution in [0.5, 0.6) is 0 Å². The van der Waals surface area contributed by atoms with E-state index < -0.39 is 0 Å². The van der Waals surface area contributed by atoms with Gasteiger partial charge in [-0.25, -0.2) is 0 Å². The average Bonchev–Trinajstić information content (AvgIpc) is 2.79. The standard InChI is InChI=1S/C12H19ClN2O/c1-2-5-11-6-3-4-7-15(11)12-14-10(8-13)9-16-12/h9,11H,2-8H2,1H3. The monoisotopic (exact) mass is 242 g/mol. The molecule has 0 spiro atoms. The zero-order valence-corrected chi connectivity index (χ0v) is 10.5. The summed E-state index contributed by atoms with van der Waals surface area (Å²) < 4.78 is 5.50. The minimum Gasteiger partial charge on any atom is -0.432 e. The minimum absolute atomic E-state index is 0.426. The highest BCUT2D eigenvalue weighted by molar-refractivity contribution is 6.16. The van der Waals surface area contributed by atoms with E-state index in [9.17, 15) is 0 Å². The van der Waals surface area contributed by atoms with Crippen molar-refractivity contribution in [3.8, 4) is 0 Å². The van der Waals surface area contributed by atoms with E-state index in [-0.39, 0.29) is 0 Å². The molecule has 0 aromatic carbocycles. The first-order valence-corrected chi connectivity index (χ1v) is 6.65. The van der Waals surface area contributed by atoms with E-state index >= 15 is 0 Å². The van der Waals surface area contributed by atoms with E-state index in [1.807, 2.05) is 0 Å². The molecule has 0 saturated carbocycles. The van der Waals surface area contributed by atoms with Gasteiger partial charge in [0.1, 0.15) is 6.26 Å². The van der Waals surface area contributed by atoms with Crippen molar-refractivity contribution in [1.29, 1.82) is 0 Å². The molecule has 1 unspecified atom stereocenters. The molecular formula is C12H19ClN2O. The molecule has 0 radical (unpaired) electrons. The van der Waals surface area contributed by atoms with Crippen LogP contribution < -0.4 is 4.90 Å². The second kappa shape index (κ2) is 5.58. The van der Waals surface area contributed by atoms with Gasteiger partial charge in [0.05, 0.1) is 11.6 Å². The molecule has 2 heterocycles. The topological polar surface area (TPSA) is 29.3 Å². The zero-order chi connectivity index (χ0) is 11.4. The Labute approximate surface area is 102 Å². The van der Waals surface area contributed by atoms with Crippen LogP contribution in [0.4, 0.5) is 6.01 Å². The fraction of sp³-hybridized carbons (Fsp3) is 0.750. The van der Waals surface area contributed by atoms with E-state index in [0.29, 0.717) is 11.9 Å². The van der Waals surface area contributed by atoms with E-state index in [4.69, 9.17) is 16.0 Å². The quantitative estimate of drug-likeness (QED) is 0.756. The average molecular weight is 243 g/mol. The molecule has 0 bridgehead atoms. The first kappa shape index (κ1) is 11.8. The lowest BCUT2D eigenvalue weighted by atomic mass is 9.99. The summed E-state index contributed by atoms with van der Waals surface area (Å²) in [5, 5.41) is 0. The summed E-state index contributed by atoms with van der Waals surface area (Å²) in [4.78, 5) is 6.72. The lowest BCUT2D eigenvalue weighted by Gasteiger charge is -2.34. The summed E-state index contributed by atoms with van der Waals surface area (Å²) in [5.41, 5.74) is 0.831. The Balaban J connectivity index is 2.09. The predicted octanol–water partition coefficient (Wildman–Crippen LogP) is 3.57. The van der Waals surface area contributed by atoms with Crippen LogP contribution in [-0.4, -0.2) is 17.6 Å². The molecule has 1 aliphatic rings. The third-order valence-electron chi connectivity index (χ3n) is 3.17. The molecule has 0 amide bonds. The number of hydrogen-bond acceptors (Lipinski definition) is 3. The molecule has 2 rings (SSSR count). The second-order valence-corrected chi connectivity index (χ2v) is 4.65. The molecule has 0 aliphatic carbocycles. The molecule has 1 atom stereocenters. The first-order valence-electron chi connectivity index (χ1n) is 6.12. The third-order valence-corrected chi connectivity index (χ3v) is 3.45. The molecule has 4 heteroatoms.